The van der Waals surface area contributed by atoms with Gasteiger partial charge in [0.25, 0.3) is 0 Å². The predicted molar refractivity (Wildman–Crippen MR) is 81.7 cm³/mol. The zero-order valence-electron chi connectivity index (χ0n) is 12.1. The third-order valence-electron chi connectivity index (χ3n) is 4.16. The van der Waals surface area contributed by atoms with E-state index in [0.29, 0.717) is 6.54 Å². The van der Waals surface area contributed by atoms with Crippen molar-refractivity contribution in [2.75, 3.05) is 26.2 Å². The van der Waals surface area contributed by atoms with Crippen molar-refractivity contribution in [1.29, 1.82) is 0 Å². The van der Waals surface area contributed by atoms with Crippen molar-refractivity contribution in [1.82, 2.24) is 9.47 Å². The van der Waals surface area contributed by atoms with Crippen LogP contribution in [-0.2, 0) is 17.8 Å². The van der Waals surface area contributed by atoms with Crippen LogP contribution < -0.4 is 5.73 Å². The molecule has 1 fully saturated rings. The topological polar surface area (TPSA) is 43.4 Å². The van der Waals surface area contributed by atoms with Gasteiger partial charge in [-0.3, -0.25) is 4.90 Å². The summed E-state index contributed by atoms with van der Waals surface area (Å²) in [5, 5.41) is 1.26. The Morgan fingerprint density at radius 2 is 2.20 bits per heavy atom. The van der Waals surface area contributed by atoms with E-state index in [0.717, 1.165) is 32.8 Å². The van der Waals surface area contributed by atoms with Gasteiger partial charge in [0.05, 0.1) is 19.3 Å². The summed E-state index contributed by atoms with van der Waals surface area (Å²) in [5.41, 5.74) is 8.32. The van der Waals surface area contributed by atoms with E-state index in [2.05, 4.69) is 46.9 Å². The predicted octanol–water partition coefficient (Wildman–Crippen LogP) is 1.82. The van der Waals surface area contributed by atoms with Crippen LogP contribution in [0, 0.1) is 0 Å². The molecule has 1 aromatic carbocycles. The SMILES string of the molecule is CCN1CCOC(Cn2cc(CN)c3ccccc32)C1. The molecule has 0 amide bonds. The van der Waals surface area contributed by atoms with Crippen LogP contribution in [0.5, 0.6) is 0 Å². The van der Waals surface area contributed by atoms with Crippen LogP contribution in [0.2, 0.25) is 0 Å². The standard InChI is InChI=1S/C16H23N3O/c1-2-18-7-8-20-14(11-18)12-19-10-13(9-17)15-5-3-4-6-16(15)19/h3-6,10,14H,2,7-9,11-12,17H2,1H3. The first-order valence-electron chi connectivity index (χ1n) is 7.42. The Bertz CT molecular complexity index is 578. The molecule has 1 atom stereocenters. The molecule has 20 heavy (non-hydrogen) atoms. The largest absolute Gasteiger partial charge is 0.374 e. The van der Waals surface area contributed by atoms with E-state index in [4.69, 9.17) is 10.5 Å². The van der Waals surface area contributed by atoms with Crippen LogP contribution >= 0.6 is 0 Å². The zero-order valence-corrected chi connectivity index (χ0v) is 12.1. The molecule has 2 N–H and O–H groups in total. The highest BCUT2D eigenvalue weighted by atomic mass is 16.5. The summed E-state index contributed by atoms with van der Waals surface area (Å²) in [6, 6.07) is 8.46. The van der Waals surface area contributed by atoms with E-state index in [-0.39, 0.29) is 6.10 Å². The number of hydrogen-bond acceptors (Lipinski definition) is 3. The minimum absolute atomic E-state index is 0.269. The average Bonchev–Trinajstić information content (AvgIpc) is 2.86. The third kappa shape index (κ3) is 2.59. The molecule has 2 heterocycles. The number of rotatable bonds is 4. The molecule has 0 aliphatic carbocycles. The summed E-state index contributed by atoms with van der Waals surface area (Å²) in [6.07, 6.45) is 2.45. The number of ether oxygens (including phenoxy) is 1. The molecule has 4 heteroatoms. The van der Waals surface area contributed by atoms with E-state index < -0.39 is 0 Å². The van der Waals surface area contributed by atoms with Gasteiger partial charge >= 0.3 is 0 Å². The number of nitrogens with zero attached hydrogens (tertiary/aromatic N) is 2. The molecule has 2 aromatic rings. The van der Waals surface area contributed by atoms with E-state index in [1.165, 1.54) is 16.5 Å². The Morgan fingerprint density at radius 1 is 1.35 bits per heavy atom. The number of fused-ring (bicyclic) bond motifs is 1. The van der Waals surface area contributed by atoms with E-state index in [9.17, 15) is 0 Å². The maximum absolute atomic E-state index is 5.91. The number of nitrogens with two attached hydrogens (primary N) is 1. The van der Waals surface area contributed by atoms with Crippen LogP contribution in [-0.4, -0.2) is 41.8 Å². The Balaban J connectivity index is 1.83. The molecule has 1 aliphatic rings. The summed E-state index contributed by atoms with van der Waals surface area (Å²) in [5.74, 6) is 0. The second-order valence-electron chi connectivity index (χ2n) is 5.41. The van der Waals surface area contributed by atoms with Crippen LogP contribution in [0.15, 0.2) is 30.5 Å². The molecule has 1 aliphatic heterocycles. The Kier molecular flexibility index (Phi) is 4.05. The summed E-state index contributed by atoms with van der Waals surface area (Å²) >= 11 is 0. The average molecular weight is 273 g/mol. The van der Waals surface area contributed by atoms with Crippen molar-refractivity contribution in [3.05, 3.63) is 36.0 Å². The van der Waals surface area contributed by atoms with E-state index >= 15 is 0 Å². The first-order valence-corrected chi connectivity index (χ1v) is 7.42. The first-order chi connectivity index (χ1) is 9.81. The normalized spacial score (nSPS) is 20.6. The monoisotopic (exact) mass is 273 g/mol. The fourth-order valence-electron chi connectivity index (χ4n) is 3.03. The number of hydrogen-bond donors (Lipinski definition) is 1. The summed E-state index contributed by atoms with van der Waals surface area (Å²) < 4.78 is 8.21. The van der Waals surface area contributed by atoms with Gasteiger partial charge in [-0.2, -0.15) is 0 Å². The first kappa shape index (κ1) is 13.6. The molecule has 0 radical (unpaired) electrons. The van der Waals surface area contributed by atoms with Crippen molar-refractivity contribution in [2.45, 2.75) is 26.1 Å². The maximum atomic E-state index is 5.91. The molecule has 4 nitrogen and oxygen atoms in total. The maximum Gasteiger partial charge on any atom is 0.0881 e. The molecule has 0 spiro atoms. The van der Waals surface area contributed by atoms with Crippen LogP contribution in [0.1, 0.15) is 12.5 Å². The molecule has 0 saturated carbocycles. The molecular formula is C16H23N3O. The van der Waals surface area contributed by atoms with E-state index in [1.54, 1.807) is 0 Å². The highest BCUT2D eigenvalue weighted by molar-refractivity contribution is 5.83. The van der Waals surface area contributed by atoms with Gasteiger partial charge in [0.15, 0.2) is 0 Å². The smallest absolute Gasteiger partial charge is 0.0881 e. The van der Waals surface area contributed by atoms with Crippen LogP contribution in [0.3, 0.4) is 0 Å². The lowest BCUT2D eigenvalue weighted by Crippen LogP contribution is -2.43. The van der Waals surface area contributed by atoms with Crippen LogP contribution in [0.25, 0.3) is 10.9 Å². The molecule has 1 aromatic heterocycles. The lowest BCUT2D eigenvalue weighted by atomic mass is 10.2. The molecule has 1 unspecified atom stereocenters. The Labute approximate surface area is 120 Å². The van der Waals surface area contributed by atoms with Crippen molar-refractivity contribution >= 4 is 10.9 Å². The number of aromatic nitrogens is 1. The highest BCUT2D eigenvalue weighted by Crippen LogP contribution is 2.22. The molecule has 108 valence electrons. The fraction of sp³-hybridized carbons (Fsp3) is 0.500. The van der Waals surface area contributed by atoms with Gasteiger partial charge < -0.3 is 15.0 Å². The van der Waals surface area contributed by atoms with Crippen LogP contribution in [0.4, 0.5) is 0 Å². The Hall–Kier alpha value is -1.36. The number of morpholine rings is 1. The second kappa shape index (κ2) is 5.95. The van der Waals surface area contributed by atoms with Gasteiger partial charge in [-0.05, 0) is 18.2 Å². The number of likely N-dealkylation sites (N-methyl/N-ethyl adjacent to an activating group) is 1. The molecular weight excluding hydrogens is 250 g/mol. The molecule has 3 rings (SSSR count). The lowest BCUT2D eigenvalue weighted by molar-refractivity contribution is -0.0337. The van der Waals surface area contributed by atoms with Crippen molar-refractivity contribution in [2.24, 2.45) is 5.73 Å². The Morgan fingerprint density at radius 3 is 3.00 bits per heavy atom. The van der Waals surface area contributed by atoms with Gasteiger partial charge in [0, 0.05) is 36.7 Å². The highest BCUT2D eigenvalue weighted by Gasteiger charge is 2.20. The molecule has 0 bridgehead atoms. The van der Waals surface area contributed by atoms with Crippen molar-refractivity contribution in [3.8, 4) is 0 Å². The number of benzene rings is 1. The van der Waals surface area contributed by atoms with Gasteiger partial charge in [0.1, 0.15) is 0 Å². The second-order valence-corrected chi connectivity index (χ2v) is 5.41. The summed E-state index contributed by atoms with van der Waals surface area (Å²) in [6.45, 7) is 7.69. The summed E-state index contributed by atoms with van der Waals surface area (Å²) in [7, 11) is 0. The minimum Gasteiger partial charge on any atom is -0.374 e. The zero-order chi connectivity index (χ0) is 13.9. The lowest BCUT2D eigenvalue weighted by Gasteiger charge is -2.32. The van der Waals surface area contributed by atoms with Gasteiger partial charge in [0.2, 0.25) is 0 Å². The van der Waals surface area contributed by atoms with Gasteiger partial charge in [-0.25, -0.2) is 0 Å². The molecule has 1 saturated heterocycles. The number of para-hydroxylation sites is 1. The van der Waals surface area contributed by atoms with Crippen molar-refractivity contribution in [3.63, 3.8) is 0 Å². The minimum atomic E-state index is 0.269. The third-order valence-corrected chi connectivity index (χ3v) is 4.16. The van der Waals surface area contributed by atoms with Gasteiger partial charge in [-0.15, -0.1) is 0 Å². The fourth-order valence-corrected chi connectivity index (χ4v) is 3.03. The summed E-state index contributed by atoms with van der Waals surface area (Å²) in [4.78, 5) is 2.45. The van der Waals surface area contributed by atoms with Gasteiger partial charge in [-0.1, -0.05) is 25.1 Å². The van der Waals surface area contributed by atoms with Crippen molar-refractivity contribution < 1.29 is 4.74 Å². The quantitative estimate of drug-likeness (QED) is 0.924. The van der Waals surface area contributed by atoms with E-state index in [1.807, 2.05) is 0 Å².